The Balaban J connectivity index is 2.77. The third kappa shape index (κ3) is 13.4. The first-order valence-corrected chi connectivity index (χ1v) is 19.0. The summed E-state index contributed by atoms with van der Waals surface area (Å²) in [5.41, 5.74) is 0.141. The van der Waals surface area contributed by atoms with Crippen LogP contribution in [0.1, 0.15) is 88.9 Å². The van der Waals surface area contributed by atoms with Crippen LogP contribution in [0.5, 0.6) is 0 Å². The van der Waals surface area contributed by atoms with Gasteiger partial charge in [-0.15, -0.1) is 0 Å². The van der Waals surface area contributed by atoms with Crippen LogP contribution in [0, 0.1) is 0 Å². The maximum absolute atomic E-state index is 12.8. The summed E-state index contributed by atoms with van der Waals surface area (Å²) in [6.45, 7) is 6.78. The number of hydrogen-bond acceptors (Lipinski definition) is 6. The highest BCUT2D eigenvalue weighted by atomic mass is 127. The van der Waals surface area contributed by atoms with Crippen molar-refractivity contribution in [3.05, 3.63) is 29.8 Å². The van der Waals surface area contributed by atoms with E-state index < -0.39 is 34.9 Å². The Morgan fingerprint density at radius 2 is 1.41 bits per heavy atom. The predicted octanol–water partition coefficient (Wildman–Crippen LogP) is 7.10. The number of imide groups is 1. The average Bonchev–Trinajstić information content (AvgIpc) is 2.85. The lowest BCUT2D eigenvalue weighted by Crippen LogP contribution is -2.33. The summed E-state index contributed by atoms with van der Waals surface area (Å²) in [4.78, 5) is 38.1. The zero-order chi connectivity index (χ0) is 27.9. The molecule has 210 valence electrons. The van der Waals surface area contributed by atoms with Gasteiger partial charge < -0.3 is 0 Å². The van der Waals surface area contributed by atoms with Crippen molar-refractivity contribution in [2.45, 2.75) is 83.5 Å². The lowest BCUT2D eigenvalue weighted by Gasteiger charge is -2.28. The molecule has 0 fully saturated rings. The van der Waals surface area contributed by atoms with Crippen molar-refractivity contribution in [1.82, 2.24) is 3.11 Å². The number of amides is 2. The minimum atomic E-state index is -4.56. The molecule has 2 amide bonds. The van der Waals surface area contributed by atoms with E-state index in [9.17, 15) is 22.8 Å². The van der Waals surface area contributed by atoms with E-state index in [1.54, 1.807) is 18.2 Å². The number of unbranched alkanes of at least 4 members (excludes halogenated alkanes) is 4. The topological polar surface area (TPSA) is 109 Å². The van der Waals surface area contributed by atoms with Gasteiger partial charge in [0.15, 0.2) is 10.9 Å². The predicted molar refractivity (Wildman–Crippen MR) is 164 cm³/mol. The van der Waals surface area contributed by atoms with Gasteiger partial charge in [-0.05, 0) is 44.2 Å². The maximum atomic E-state index is 12.8. The van der Waals surface area contributed by atoms with Crippen LogP contribution in [-0.2, 0) is 19.7 Å². The molecule has 0 saturated heterocycles. The second-order valence-electron chi connectivity index (χ2n) is 9.43. The summed E-state index contributed by atoms with van der Waals surface area (Å²) in [6.07, 6.45) is 15.2. The van der Waals surface area contributed by atoms with E-state index in [-0.39, 0.29) is 10.7 Å². The van der Waals surface area contributed by atoms with Crippen LogP contribution in [0.25, 0.3) is 0 Å². The molecule has 1 aromatic carbocycles. The van der Waals surface area contributed by atoms with Gasteiger partial charge in [0.25, 0.3) is 21.9 Å². The van der Waals surface area contributed by atoms with Crippen molar-refractivity contribution >= 4 is 68.9 Å². The van der Waals surface area contributed by atoms with E-state index in [1.807, 2.05) is 0 Å². The summed E-state index contributed by atoms with van der Waals surface area (Å²) >= 11 is 2.40. The Bertz CT molecular complexity index is 967. The fourth-order valence-corrected chi connectivity index (χ4v) is 11.4. The molecule has 0 bridgehead atoms. The number of benzene rings is 1. The molecule has 37 heavy (non-hydrogen) atoms. The smallest absolute Gasteiger partial charge is 0.274 e. The van der Waals surface area contributed by atoms with Crippen molar-refractivity contribution in [2.75, 3.05) is 30.4 Å². The van der Waals surface area contributed by atoms with Gasteiger partial charge in [0, 0.05) is 18.6 Å². The van der Waals surface area contributed by atoms with Gasteiger partial charge in [-0.3, -0.25) is 18.9 Å². The summed E-state index contributed by atoms with van der Waals surface area (Å²) in [7, 11) is -5.55. The molecule has 0 aliphatic heterocycles. The molecular weight excluding hydrogens is 644 g/mol. The van der Waals surface area contributed by atoms with Gasteiger partial charge in [-0.25, -0.2) is 3.11 Å². The second-order valence-corrected chi connectivity index (χ2v) is 17.4. The molecule has 1 rings (SSSR count). The van der Waals surface area contributed by atoms with Gasteiger partial charge in [0.05, 0.1) is 53.1 Å². The minimum Gasteiger partial charge on any atom is -0.287 e. The maximum Gasteiger partial charge on any atom is 0.274 e. The van der Waals surface area contributed by atoms with Crippen molar-refractivity contribution in [2.24, 2.45) is 0 Å². The van der Waals surface area contributed by atoms with Crippen molar-refractivity contribution in [3.63, 3.8) is 0 Å². The van der Waals surface area contributed by atoms with Crippen LogP contribution in [0.2, 0.25) is 0 Å². The SMILES string of the molecule is CCCC[P+](CCCC)(CCCC)CCCCC(=O)Sc1ccccc1C(=O)N(I)C(=O)CS(=O)(=O)O. The number of carbonyl (C=O) groups excluding carboxylic acids is 3. The summed E-state index contributed by atoms with van der Waals surface area (Å²) in [6, 6.07) is 6.46. The molecule has 1 aromatic rings. The quantitative estimate of drug-likeness (QED) is 0.0438. The second kappa shape index (κ2) is 17.9. The van der Waals surface area contributed by atoms with Crippen molar-refractivity contribution in [1.29, 1.82) is 0 Å². The monoisotopic (exact) mass is 686 g/mol. The average molecular weight is 687 g/mol. The van der Waals surface area contributed by atoms with Crippen LogP contribution in [0.4, 0.5) is 0 Å². The van der Waals surface area contributed by atoms with E-state index >= 15 is 0 Å². The van der Waals surface area contributed by atoms with Gasteiger partial charge in [-0.1, -0.05) is 63.9 Å². The summed E-state index contributed by atoms with van der Waals surface area (Å²) in [5.74, 6) is -2.97. The molecule has 0 saturated carbocycles. The lowest BCUT2D eigenvalue weighted by molar-refractivity contribution is -0.121. The van der Waals surface area contributed by atoms with Gasteiger partial charge >= 0.3 is 0 Å². The zero-order valence-electron chi connectivity index (χ0n) is 22.3. The molecule has 0 aromatic heterocycles. The van der Waals surface area contributed by atoms with Gasteiger partial charge in [0.2, 0.25) is 0 Å². The van der Waals surface area contributed by atoms with Crippen LogP contribution >= 0.6 is 41.9 Å². The van der Waals surface area contributed by atoms with Gasteiger partial charge in [0.1, 0.15) is 0 Å². The molecule has 0 unspecified atom stereocenters. The summed E-state index contributed by atoms with van der Waals surface area (Å²) < 4.78 is 31.5. The van der Waals surface area contributed by atoms with E-state index in [4.69, 9.17) is 4.55 Å². The number of nitrogens with zero attached hydrogens (tertiary/aromatic N) is 1. The van der Waals surface area contributed by atoms with Crippen molar-refractivity contribution < 1.29 is 27.4 Å². The third-order valence-corrected chi connectivity index (χ3v) is 13.9. The Hall–Kier alpha value is -0.550. The minimum absolute atomic E-state index is 0.0378. The highest BCUT2D eigenvalue weighted by Gasteiger charge is 2.34. The summed E-state index contributed by atoms with van der Waals surface area (Å²) in [5, 5.41) is -0.0378. The molecule has 0 spiro atoms. The molecule has 0 atom stereocenters. The first-order chi connectivity index (χ1) is 17.5. The van der Waals surface area contributed by atoms with Crippen molar-refractivity contribution in [3.8, 4) is 0 Å². The van der Waals surface area contributed by atoms with Crippen LogP contribution < -0.4 is 0 Å². The molecule has 11 heteroatoms. The van der Waals surface area contributed by atoms with Crippen LogP contribution in [-0.4, -0.2) is 63.4 Å². The number of thioether (sulfide) groups is 1. The van der Waals surface area contributed by atoms with Crippen LogP contribution in [0.3, 0.4) is 0 Å². The Morgan fingerprint density at radius 3 is 1.92 bits per heavy atom. The van der Waals surface area contributed by atoms with E-state index in [0.29, 0.717) is 14.4 Å². The molecule has 1 N–H and O–H groups in total. The number of hydrogen-bond donors (Lipinski definition) is 1. The first kappa shape index (κ1) is 34.5. The highest BCUT2D eigenvalue weighted by molar-refractivity contribution is 14.1. The van der Waals surface area contributed by atoms with E-state index in [0.717, 1.165) is 24.6 Å². The zero-order valence-corrected chi connectivity index (χ0v) is 27.0. The standard InChI is InChI=1S/C26H41INO6PS2/c1-4-7-17-35(18-8-5-2,19-9-6-3)20-13-12-16-25(30)36-23-15-11-10-14-22(23)26(31)28(27)24(29)21-37(32,33)34/h10-11,14-15H,4-9,12-13,16-21H2,1-3H3/p+1. The van der Waals surface area contributed by atoms with Gasteiger partial charge in [-0.2, -0.15) is 8.42 Å². The van der Waals surface area contributed by atoms with E-state index in [2.05, 4.69) is 20.8 Å². The normalized spacial score (nSPS) is 11.9. The fourth-order valence-electron chi connectivity index (χ4n) is 4.21. The lowest BCUT2D eigenvalue weighted by atomic mass is 10.2. The molecule has 0 heterocycles. The Kier molecular flexibility index (Phi) is 16.7. The first-order valence-electron chi connectivity index (χ1n) is 13.1. The Labute approximate surface area is 241 Å². The molecular formula is C26H42INO6PS2+. The molecule has 0 aliphatic carbocycles. The number of rotatable bonds is 18. The number of halogens is 1. The number of carbonyl (C=O) groups is 3. The largest absolute Gasteiger partial charge is 0.287 e. The Morgan fingerprint density at radius 1 is 0.892 bits per heavy atom. The third-order valence-electron chi connectivity index (χ3n) is 6.27. The highest BCUT2D eigenvalue weighted by Crippen LogP contribution is 2.61. The molecule has 7 nitrogen and oxygen atoms in total. The fraction of sp³-hybridized carbons (Fsp3) is 0.654. The molecule has 0 radical (unpaired) electrons. The van der Waals surface area contributed by atoms with E-state index in [1.165, 1.54) is 92.1 Å². The van der Waals surface area contributed by atoms with Crippen LogP contribution in [0.15, 0.2) is 29.2 Å². The molecule has 0 aliphatic rings.